The number of aromatic nitrogens is 2. The average molecular weight is 587 g/mol. The summed E-state index contributed by atoms with van der Waals surface area (Å²) in [5.74, 6) is 6.25. The van der Waals surface area contributed by atoms with Crippen molar-refractivity contribution in [1.82, 2.24) is 14.7 Å². The van der Waals surface area contributed by atoms with Crippen molar-refractivity contribution < 1.29 is 14.1 Å². The molecule has 1 saturated heterocycles. The molecule has 10 heteroatoms. The third kappa shape index (κ3) is 6.33. The van der Waals surface area contributed by atoms with Gasteiger partial charge in [-0.15, -0.1) is 0 Å². The van der Waals surface area contributed by atoms with Gasteiger partial charge in [-0.2, -0.15) is 0 Å². The molecule has 5 N–H and O–H groups in total. The molecule has 2 aromatic carbocycles. The lowest BCUT2D eigenvalue weighted by Crippen LogP contribution is -2.48. The summed E-state index contributed by atoms with van der Waals surface area (Å²) in [6.45, 7) is 7.66. The van der Waals surface area contributed by atoms with Gasteiger partial charge in [0.05, 0.1) is 41.1 Å². The van der Waals surface area contributed by atoms with Crippen LogP contribution >= 0.6 is 0 Å². The fourth-order valence-electron chi connectivity index (χ4n) is 5.77. The number of nitrogens with zero attached hydrogens (tertiary/aromatic N) is 3. The minimum atomic E-state index is -1.19. The first kappa shape index (κ1) is 29.7. The van der Waals surface area contributed by atoms with Crippen molar-refractivity contribution in [3.8, 4) is 11.8 Å². The molecule has 1 spiro atoms. The molecule has 2 aliphatic rings. The highest BCUT2D eigenvalue weighted by Gasteiger charge is 2.49. The molecule has 42 heavy (non-hydrogen) atoms. The molecule has 0 radical (unpaired) electrons. The molecule has 1 unspecified atom stereocenters. The minimum Gasteiger partial charge on any atom is -0.390 e. The highest BCUT2D eigenvalue weighted by Crippen LogP contribution is 2.52. The number of hydrogen-bond donors (Lipinski definition) is 4. The van der Waals surface area contributed by atoms with Crippen LogP contribution in [-0.4, -0.2) is 49.6 Å². The summed E-state index contributed by atoms with van der Waals surface area (Å²) in [7, 11) is -1.19. The first-order valence-corrected chi connectivity index (χ1v) is 15.3. The van der Waals surface area contributed by atoms with Crippen molar-refractivity contribution in [2.45, 2.75) is 57.4 Å². The lowest BCUT2D eigenvalue weighted by molar-refractivity contribution is 0.100. The number of rotatable bonds is 7. The van der Waals surface area contributed by atoms with E-state index in [9.17, 15) is 14.1 Å². The van der Waals surface area contributed by atoms with Gasteiger partial charge in [0.1, 0.15) is 11.4 Å². The van der Waals surface area contributed by atoms with Crippen LogP contribution in [0.3, 0.4) is 0 Å². The standard InChI is InChI=1S/C32H38N6O3S/c1-31(2,3)42(41)37-28-26-9-5-4-7-23(26)19-32(28)14-17-38(18-15-32)30-27(21-39)36-25(20-35-30)8-6-16-34-24-12-10-22(11-13-24)29(33)40/h4-5,7,9-13,20,28,34,37,39H,14-19,21H2,1-3H3,(H2,33,40)/t28-,42?/m1/s1. The van der Waals surface area contributed by atoms with Gasteiger partial charge in [-0.3, -0.25) is 4.79 Å². The fourth-order valence-corrected chi connectivity index (χ4v) is 6.72. The summed E-state index contributed by atoms with van der Waals surface area (Å²) in [6.07, 6.45) is 4.41. The summed E-state index contributed by atoms with van der Waals surface area (Å²) in [6, 6.07) is 15.4. The molecule has 0 saturated carbocycles. The first-order chi connectivity index (χ1) is 20.1. The Morgan fingerprint density at radius 2 is 1.88 bits per heavy atom. The fraction of sp³-hybridized carbons (Fsp3) is 0.406. The van der Waals surface area contributed by atoms with E-state index in [2.05, 4.69) is 61.0 Å². The molecule has 0 bridgehead atoms. The maximum Gasteiger partial charge on any atom is 0.248 e. The second kappa shape index (κ2) is 12.2. The number of aliphatic hydroxyl groups excluding tert-OH is 1. The number of anilines is 2. The molecule has 2 atom stereocenters. The number of aliphatic hydroxyl groups is 1. The van der Waals surface area contributed by atoms with E-state index in [1.54, 1.807) is 30.5 Å². The van der Waals surface area contributed by atoms with Gasteiger partial charge in [0.2, 0.25) is 5.91 Å². The molecule has 2 heterocycles. The van der Waals surface area contributed by atoms with Gasteiger partial charge < -0.3 is 21.1 Å². The van der Waals surface area contributed by atoms with E-state index in [4.69, 9.17) is 5.73 Å². The van der Waals surface area contributed by atoms with Crippen LogP contribution in [0.2, 0.25) is 0 Å². The SMILES string of the molecule is CC(C)(C)S(=O)N[C@@H]1c2ccccc2CC12CCN(c1ncc(C#CCNc3ccc(C(N)=O)cc3)nc1CO)CC2. The van der Waals surface area contributed by atoms with Gasteiger partial charge in [-0.25, -0.2) is 18.9 Å². The average Bonchev–Trinajstić information content (AvgIpc) is 3.27. The quantitative estimate of drug-likeness (QED) is 0.312. The predicted molar refractivity (Wildman–Crippen MR) is 166 cm³/mol. The number of fused-ring (bicyclic) bond motifs is 1. The van der Waals surface area contributed by atoms with Crippen LogP contribution in [0.25, 0.3) is 0 Å². The zero-order chi connectivity index (χ0) is 29.9. The number of nitrogens with one attached hydrogen (secondary N) is 2. The van der Waals surface area contributed by atoms with E-state index < -0.39 is 16.9 Å². The second-order valence-corrected chi connectivity index (χ2v) is 13.9. The van der Waals surface area contributed by atoms with E-state index in [0.29, 0.717) is 29.3 Å². The van der Waals surface area contributed by atoms with Crippen LogP contribution in [0.4, 0.5) is 11.5 Å². The summed E-state index contributed by atoms with van der Waals surface area (Å²) < 4.78 is 16.3. The lowest BCUT2D eigenvalue weighted by Gasteiger charge is -2.44. The first-order valence-electron chi connectivity index (χ1n) is 14.2. The minimum absolute atomic E-state index is 0.0201. The molecule has 220 valence electrons. The smallest absolute Gasteiger partial charge is 0.248 e. The van der Waals surface area contributed by atoms with E-state index >= 15 is 0 Å². The van der Waals surface area contributed by atoms with Gasteiger partial charge in [-0.05, 0) is 86.8 Å². The van der Waals surface area contributed by atoms with Gasteiger partial charge >= 0.3 is 0 Å². The number of carbonyl (C=O) groups excluding carboxylic acids is 1. The Labute approximate surface area is 249 Å². The number of carbonyl (C=O) groups is 1. The number of hydrogen-bond acceptors (Lipinski definition) is 7. The number of piperidine rings is 1. The monoisotopic (exact) mass is 586 g/mol. The largest absolute Gasteiger partial charge is 0.390 e. The van der Waals surface area contributed by atoms with Crippen molar-refractivity contribution in [2.24, 2.45) is 11.1 Å². The molecule has 1 aromatic heterocycles. The van der Waals surface area contributed by atoms with Crippen molar-refractivity contribution in [1.29, 1.82) is 0 Å². The van der Waals surface area contributed by atoms with Gasteiger partial charge in [0.15, 0.2) is 5.82 Å². The lowest BCUT2D eigenvalue weighted by atomic mass is 9.73. The van der Waals surface area contributed by atoms with E-state index in [0.717, 1.165) is 38.0 Å². The van der Waals surface area contributed by atoms with E-state index in [-0.39, 0.29) is 22.8 Å². The zero-order valence-electron chi connectivity index (χ0n) is 24.3. The zero-order valence-corrected chi connectivity index (χ0v) is 25.1. The van der Waals surface area contributed by atoms with Crippen LogP contribution in [0.1, 0.15) is 72.5 Å². The molecule has 1 amide bonds. The number of benzene rings is 2. The molecular formula is C32H38N6O3S. The van der Waals surface area contributed by atoms with Crippen LogP contribution < -0.4 is 20.7 Å². The number of amides is 1. The molecule has 3 aromatic rings. The Balaban J connectivity index is 1.25. The highest BCUT2D eigenvalue weighted by atomic mass is 32.2. The van der Waals surface area contributed by atoms with Gasteiger partial charge in [-0.1, -0.05) is 30.2 Å². The Hall–Kier alpha value is -3.78. The van der Waals surface area contributed by atoms with Crippen molar-refractivity contribution in [3.05, 3.63) is 82.8 Å². The molecule has 1 aliphatic carbocycles. The third-order valence-corrected chi connectivity index (χ3v) is 9.66. The summed E-state index contributed by atoms with van der Waals surface area (Å²) in [4.78, 5) is 22.7. The topological polar surface area (TPSA) is 133 Å². The Bertz CT molecular complexity index is 1530. The molecule has 9 nitrogen and oxygen atoms in total. The Morgan fingerprint density at radius 1 is 1.17 bits per heavy atom. The Morgan fingerprint density at radius 3 is 2.55 bits per heavy atom. The van der Waals surface area contributed by atoms with E-state index in [1.165, 1.54) is 11.1 Å². The summed E-state index contributed by atoms with van der Waals surface area (Å²) in [5.41, 5.74) is 10.1. The molecular weight excluding hydrogens is 548 g/mol. The van der Waals surface area contributed by atoms with Crippen molar-refractivity contribution in [3.63, 3.8) is 0 Å². The van der Waals surface area contributed by atoms with Crippen molar-refractivity contribution in [2.75, 3.05) is 29.9 Å². The summed E-state index contributed by atoms with van der Waals surface area (Å²) >= 11 is 0. The predicted octanol–water partition coefficient (Wildman–Crippen LogP) is 3.47. The number of nitrogens with two attached hydrogens (primary N) is 1. The van der Waals surface area contributed by atoms with Gasteiger partial charge in [0.25, 0.3) is 0 Å². The number of primary amides is 1. The van der Waals surface area contributed by atoms with Gasteiger partial charge in [0, 0.05) is 24.3 Å². The third-order valence-electron chi connectivity index (χ3n) is 8.10. The van der Waals surface area contributed by atoms with Crippen LogP contribution in [-0.2, 0) is 24.0 Å². The molecule has 1 aliphatic heterocycles. The normalized spacial score (nSPS) is 18.2. The Kier molecular flexibility index (Phi) is 8.64. The maximum absolute atomic E-state index is 13.2. The highest BCUT2D eigenvalue weighted by molar-refractivity contribution is 7.84. The molecule has 1 fully saturated rings. The maximum atomic E-state index is 13.2. The summed E-state index contributed by atoms with van der Waals surface area (Å²) in [5, 5.41) is 13.3. The molecule has 5 rings (SSSR count). The van der Waals surface area contributed by atoms with Crippen molar-refractivity contribution >= 4 is 28.4 Å². The van der Waals surface area contributed by atoms with E-state index in [1.807, 2.05) is 20.8 Å². The van der Waals surface area contributed by atoms with Crippen LogP contribution in [0, 0.1) is 17.3 Å². The van der Waals surface area contributed by atoms with Crippen LogP contribution in [0.15, 0.2) is 54.7 Å². The van der Waals surface area contributed by atoms with Crippen LogP contribution in [0.5, 0.6) is 0 Å². The second-order valence-electron chi connectivity index (χ2n) is 11.9.